The molecule has 4 nitrogen and oxygen atoms in total. The molecule has 2 N–H and O–H groups in total. The van der Waals surface area contributed by atoms with Crippen LogP contribution in [0.3, 0.4) is 0 Å². The smallest absolute Gasteiger partial charge is 0.177 e. The van der Waals surface area contributed by atoms with Crippen LogP contribution in [0.1, 0.15) is 65.2 Å². The Morgan fingerprint density at radius 1 is 1.12 bits per heavy atom. The average Bonchev–Trinajstić information content (AvgIpc) is 3.18. The van der Waals surface area contributed by atoms with Gasteiger partial charge in [0.25, 0.3) is 0 Å². The van der Waals surface area contributed by atoms with E-state index in [0.717, 1.165) is 32.1 Å². The summed E-state index contributed by atoms with van der Waals surface area (Å²) in [5.41, 5.74) is -0.0335. The lowest BCUT2D eigenvalue weighted by Gasteiger charge is -2.69. The molecule has 4 fully saturated rings. The SMILES string of the molecule is CCC1[C@H]2[C@H](/C=C/[C@@H](O)C3CCCCC3)[C@@H](O)CC[C@@]2(C)C12OCCO2. The average molecular weight is 365 g/mol. The van der Waals surface area contributed by atoms with E-state index in [4.69, 9.17) is 9.47 Å². The molecule has 4 aliphatic rings. The van der Waals surface area contributed by atoms with Crippen molar-refractivity contribution in [3.8, 4) is 0 Å². The lowest BCUT2D eigenvalue weighted by molar-refractivity contribution is -0.385. The number of aliphatic hydroxyl groups is 2. The van der Waals surface area contributed by atoms with Crippen LogP contribution in [0.25, 0.3) is 0 Å². The molecule has 0 aromatic rings. The zero-order valence-corrected chi connectivity index (χ0v) is 16.4. The Morgan fingerprint density at radius 3 is 2.46 bits per heavy atom. The zero-order chi connectivity index (χ0) is 18.4. The molecule has 4 heteroatoms. The van der Waals surface area contributed by atoms with Crippen LogP contribution in [0, 0.1) is 29.1 Å². The van der Waals surface area contributed by atoms with Gasteiger partial charge >= 0.3 is 0 Å². The number of ether oxygens (including phenoxy) is 2. The first-order valence-corrected chi connectivity index (χ1v) is 10.9. The summed E-state index contributed by atoms with van der Waals surface area (Å²) in [6, 6.07) is 0. The molecule has 1 aliphatic heterocycles. The fourth-order valence-corrected chi connectivity index (χ4v) is 6.77. The van der Waals surface area contributed by atoms with E-state index in [9.17, 15) is 10.2 Å². The lowest BCUT2D eigenvalue weighted by Crippen LogP contribution is -2.73. The number of rotatable bonds is 4. The zero-order valence-electron chi connectivity index (χ0n) is 16.4. The van der Waals surface area contributed by atoms with Gasteiger partial charge in [-0.25, -0.2) is 0 Å². The molecule has 1 saturated heterocycles. The van der Waals surface area contributed by atoms with Gasteiger partial charge in [-0.15, -0.1) is 0 Å². The molecule has 3 saturated carbocycles. The number of hydrogen-bond donors (Lipinski definition) is 2. The highest BCUT2D eigenvalue weighted by atomic mass is 16.7. The van der Waals surface area contributed by atoms with Crippen molar-refractivity contribution in [2.75, 3.05) is 13.2 Å². The third-order valence-electron chi connectivity index (χ3n) is 8.09. The highest BCUT2D eigenvalue weighted by Crippen LogP contribution is 2.70. The molecule has 0 bridgehead atoms. The Balaban J connectivity index is 1.52. The van der Waals surface area contributed by atoms with Gasteiger partial charge in [-0.2, -0.15) is 0 Å². The van der Waals surface area contributed by atoms with E-state index in [2.05, 4.69) is 19.9 Å². The quantitative estimate of drug-likeness (QED) is 0.748. The van der Waals surface area contributed by atoms with Crippen molar-refractivity contribution in [1.82, 2.24) is 0 Å². The van der Waals surface area contributed by atoms with Crippen LogP contribution in [0.2, 0.25) is 0 Å². The van der Waals surface area contributed by atoms with E-state index in [1.807, 2.05) is 6.08 Å². The second-order valence-corrected chi connectivity index (χ2v) is 9.28. The van der Waals surface area contributed by atoms with Gasteiger partial charge in [-0.1, -0.05) is 45.3 Å². The molecule has 1 unspecified atom stereocenters. The molecule has 0 aromatic carbocycles. The maximum atomic E-state index is 10.8. The molecular weight excluding hydrogens is 328 g/mol. The van der Waals surface area contributed by atoms with E-state index in [-0.39, 0.29) is 23.5 Å². The maximum Gasteiger partial charge on any atom is 0.177 e. The molecule has 0 radical (unpaired) electrons. The summed E-state index contributed by atoms with van der Waals surface area (Å²) in [5.74, 6) is 0.731. The summed E-state index contributed by atoms with van der Waals surface area (Å²) in [6.45, 7) is 5.86. The molecule has 1 spiro atoms. The number of fused-ring (bicyclic) bond motifs is 2. The fraction of sp³-hybridized carbons (Fsp3) is 0.909. The first kappa shape index (κ1) is 18.9. The Labute approximate surface area is 158 Å². The topological polar surface area (TPSA) is 58.9 Å². The predicted molar refractivity (Wildman–Crippen MR) is 100 cm³/mol. The largest absolute Gasteiger partial charge is 0.393 e. The van der Waals surface area contributed by atoms with Gasteiger partial charge in [-0.3, -0.25) is 0 Å². The number of hydrogen-bond acceptors (Lipinski definition) is 4. The third kappa shape index (κ3) is 2.71. The van der Waals surface area contributed by atoms with Gasteiger partial charge < -0.3 is 19.7 Å². The standard InChI is InChI=1S/C22H36O4/c1-3-17-20-16(9-10-18(23)15-7-5-4-6-8-15)19(24)11-12-21(20,2)22(17)25-13-14-26-22/h9-10,15-20,23-24H,3-8,11-14H2,1-2H3/b10-9+/t16-,17?,18-,19+,20-,21-/m1/s1. The summed E-state index contributed by atoms with van der Waals surface area (Å²) < 4.78 is 12.4. The molecule has 26 heavy (non-hydrogen) atoms. The van der Waals surface area contributed by atoms with Crippen molar-refractivity contribution in [2.24, 2.45) is 29.1 Å². The van der Waals surface area contributed by atoms with Crippen LogP contribution in [0.4, 0.5) is 0 Å². The van der Waals surface area contributed by atoms with Crippen LogP contribution >= 0.6 is 0 Å². The van der Waals surface area contributed by atoms with Crippen molar-refractivity contribution in [2.45, 2.75) is 83.2 Å². The second kappa shape index (κ2) is 7.20. The highest BCUT2D eigenvalue weighted by Gasteiger charge is 2.74. The van der Waals surface area contributed by atoms with Gasteiger partial charge in [0.05, 0.1) is 25.4 Å². The van der Waals surface area contributed by atoms with Gasteiger partial charge in [0, 0.05) is 17.3 Å². The minimum absolute atomic E-state index is 0.0335. The van der Waals surface area contributed by atoms with Crippen LogP contribution in [-0.4, -0.2) is 41.4 Å². The summed E-state index contributed by atoms with van der Waals surface area (Å²) in [4.78, 5) is 0. The summed E-state index contributed by atoms with van der Waals surface area (Å²) in [7, 11) is 0. The van der Waals surface area contributed by atoms with E-state index >= 15 is 0 Å². The van der Waals surface area contributed by atoms with Gasteiger partial charge in [0.2, 0.25) is 0 Å². The molecule has 148 valence electrons. The van der Waals surface area contributed by atoms with Crippen LogP contribution < -0.4 is 0 Å². The number of aliphatic hydroxyl groups excluding tert-OH is 2. The van der Waals surface area contributed by atoms with Crippen molar-refractivity contribution < 1.29 is 19.7 Å². The summed E-state index contributed by atoms with van der Waals surface area (Å²) in [5, 5.41) is 21.4. The van der Waals surface area contributed by atoms with Gasteiger partial charge in [-0.05, 0) is 43.9 Å². The van der Waals surface area contributed by atoms with E-state index in [1.54, 1.807) is 0 Å². The van der Waals surface area contributed by atoms with Crippen LogP contribution in [0.5, 0.6) is 0 Å². The first-order chi connectivity index (χ1) is 12.5. The van der Waals surface area contributed by atoms with Gasteiger partial charge in [0.15, 0.2) is 5.79 Å². The second-order valence-electron chi connectivity index (χ2n) is 9.28. The minimum atomic E-state index is -0.444. The predicted octanol–water partition coefficient (Wildman–Crippen LogP) is 3.66. The Hall–Kier alpha value is -0.420. The maximum absolute atomic E-state index is 10.8. The Bertz CT molecular complexity index is 520. The summed E-state index contributed by atoms with van der Waals surface area (Å²) in [6.07, 6.45) is 12.2. The molecule has 4 rings (SSSR count). The normalized spacial score (nSPS) is 44.2. The first-order valence-electron chi connectivity index (χ1n) is 10.9. The van der Waals surface area contributed by atoms with Crippen molar-refractivity contribution >= 4 is 0 Å². The van der Waals surface area contributed by atoms with E-state index in [1.165, 1.54) is 19.3 Å². The molecule has 0 aromatic heterocycles. The molecule has 6 atom stereocenters. The van der Waals surface area contributed by atoms with Crippen molar-refractivity contribution in [3.63, 3.8) is 0 Å². The van der Waals surface area contributed by atoms with Crippen LogP contribution in [-0.2, 0) is 9.47 Å². The third-order valence-corrected chi connectivity index (χ3v) is 8.09. The fourth-order valence-electron chi connectivity index (χ4n) is 6.77. The minimum Gasteiger partial charge on any atom is -0.393 e. The summed E-state index contributed by atoms with van der Waals surface area (Å²) >= 11 is 0. The highest BCUT2D eigenvalue weighted by molar-refractivity contribution is 5.21. The van der Waals surface area contributed by atoms with E-state index in [0.29, 0.717) is 31.0 Å². The molecular formula is C22H36O4. The van der Waals surface area contributed by atoms with Crippen molar-refractivity contribution in [1.29, 1.82) is 0 Å². The molecule has 3 aliphatic carbocycles. The van der Waals surface area contributed by atoms with Crippen molar-refractivity contribution in [3.05, 3.63) is 12.2 Å². The monoisotopic (exact) mass is 364 g/mol. The molecule has 0 amide bonds. The van der Waals surface area contributed by atoms with Crippen LogP contribution in [0.15, 0.2) is 12.2 Å². The molecule has 1 heterocycles. The van der Waals surface area contributed by atoms with Gasteiger partial charge in [0.1, 0.15) is 0 Å². The lowest BCUT2D eigenvalue weighted by atomic mass is 9.41. The van der Waals surface area contributed by atoms with E-state index < -0.39 is 5.79 Å². The Kier molecular flexibility index (Phi) is 5.24. The Morgan fingerprint density at radius 2 is 1.81 bits per heavy atom.